The Morgan fingerprint density at radius 2 is 2.03 bits per heavy atom. The number of anilines is 1. The lowest BCUT2D eigenvalue weighted by Crippen LogP contribution is -2.33. The van der Waals surface area contributed by atoms with Gasteiger partial charge in [-0.05, 0) is 52.4 Å². The fraction of sp³-hybridized carbons (Fsp3) is 0.154. The first-order valence-corrected chi connectivity index (χ1v) is 12.2. The smallest absolute Gasteiger partial charge is 0.411 e. The van der Waals surface area contributed by atoms with Crippen molar-refractivity contribution in [1.82, 2.24) is 30.2 Å². The number of hydrogen-bond donors (Lipinski definition) is 2. The molecule has 6 rings (SSSR count). The largest absolute Gasteiger partial charge is 0.618 e. The lowest BCUT2D eigenvalue weighted by molar-refractivity contribution is -0.614. The lowest BCUT2D eigenvalue weighted by atomic mass is 10.0. The van der Waals surface area contributed by atoms with E-state index in [-0.39, 0.29) is 17.7 Å². The van der Waals surface area contributed by atoms with Gasteiger partial charge in [0.25, 0.3) is 0 Å². The highest BCUT2D eigenvalue weighted by atomic mass is 35.5. The van der Waals surface area contributed by atoms with Crippen molar-refractivity contribution in [3.63, 3.8) is 0 Å². The van der Waals surface area contributed by atoms with E-state index in [1.165, 1.54) is 24.3 Å². The van der Waals surface area contributed by atoms with Crippen LogP contribution in [0.2, 0.25) is 5.02 Å². The molecule has 1 aliphatic rings. The van der Waals surface area contributed by atoms with Gasteiger partial charge in [0.15, 0.2) is 6.20 Å². The van der Waals surface area contributed by atoms with E-state index in [1.807, 2.05) is 0 Å². The summed E-state index contributed by atoms with van der Waals surface area (Å²) >= 11 is 6.25. The molecule has 5 aromatic rings. The van der Waals surface area contributed by atoms with Crippen molar-refractivity contribution in [2.75, 3.05) is 11.9 Å². The van der Waals surface area contributed by atoms with Gasteiger partial charge in [-0.15, -0.1) is 5.10 Å². The molecule has 0 saturated heterocycles. The molecule has 196 valence electrons. The molecule has 0 spiro atoms. The Morgan fingerprint density at radius 1 is 1.23 bits per heavy atom. The predicted molar refractivity (Wildman–Crippen MR) is 139 cm³/mol. The number of aromatic amines is 1. The minimum atomic E-state index is -1.37. The maximum atomic E-state index is 15.4. The number of carboxylic acid groups (broad SMARTS) is 1. The van der Waals surface area contributed by atoms with Crippen LogP contribution in [0, 0.1) is 5.21 Å². The molecule has 13 heteroatoms. The first-order chi connectivity index (χ1) is 18.8. The van der Waals surface area contributed by atoms with Crippen LogP contribution in [0.4, 0.5) is 14.9 Å². The molecule has 2 N–H and O–H groups in total. The summed E-state index contributed by atoms with van der Waals surface area (Å²) in [5.41, 5.74) is 4.17. The fourth-order valence-corrected chi connectivity index (χ4v) is 5.06. The number of H-pyrrole nitrogens is 1. The molecule has 0 bridgehead atoms. The van der Waals surface area contributed by atoms with Gasteiger partial charge in [-0.2, -0.15) is 9.41 Å². The number of fused-ring (bicyclic) bond motifs is 1. The molecule has 0 fully saturated rings. The second-order valence-electron chi connectivity index (χ2n) is 9.14. The Labute approximate surface area is 225 Å². The van der Waals surface area contributed by atoms with E-state index < -0.39 is 18.2 Å². The van der Waals surface area contributed by atoms with E-state index in [4.69, 9.17) is 16.7 Å². The van der Waals surface area contributed by atoms with Crippen molar-refractivity contribution < 1.29 is 19.0 Å². The van der Waals surface area contributed by atoms with Gasteiger partial charge in [-0.25, -0.2) is 14.2 Å². The topological polar surface area (TPSA) is 140 Å². The summed E-state index contributed by atoms with van der Waals surface area (Å²) in [5.74, 6) is -0.112. The molecular formula is C26H20ClFN8O3. The van der Waals surface area contributed by atoms with Gasteiger partial charge in [0.2, 0.25) is 5.69 Å². The molecule has 1 amide bonds. The number of amides is 1. The van der Waals surface area contributed by atoms with Crippen LogP contribution in [0.25, 0.3) is 28.1 Å². The average molecular weight is 547 g/mol. The van der Waals surface area contributed by atoms with Crippen molar-refractivity contribution in [1.29, 1.82) is 0 Å². The van der Waals surface area contributed by atoms with Crippen LogP contribution in [-0.4, -0.2) is 48.4 Å². The predicted octanol–water partition coefficient (Wildman–Crippen LogP) is 4.67. The maximum Gasteiger partial charge on any atom is 0.411 e. The number of carbonyl (C=O) groups is 1. The highest BCUT2D eigenvalue weighted by molar-refractivity contribution is 6.31. The zero-order valence-electron chi connectivity index (χ0n) is 20.4. The molecule has 11 nitrogen and oxygen atoms in total. The number of hydrogen-bond acceptors (Lipinski definition) is 6. The first kappa shape index (κ1) is 24.5. The Balaban J connectivity index is 1.34. The number of alkyl halides is 1. The van der Waals surface area contributed by atoms with Crippen LogP contribution in [0.1, 0.15) is 35.6 Å². The molecule has 1 aliphatic carbocycles. The summed E-state index contributed by atoms with van der Waals surface area (Å²) < 4.78 is 17.5. The van der Waals surface area contributed by atoms with E-state index in [0.29, 0.717) is 43.8 Å². The second kappa shape index (κ2) is 9.48. The minimum Gasteiger partial charge on any atom is -0.618 e. The van der Waals surface area contributed by atoms with Gasteiger partial charge in [-0.3, -0.25) is 4.90 Å². The summed E-state index contributed by atoms with van der Waals surface area (Å²) in [4.78, 5) is 20.0. The third kappa shape index (κ3) is 4.34. The molecular weight excluding hydrogens is 527 g/mol. The molecule has 3 aromatic heterocycles. The Hall–Kier alpha value is -4.84. The molecule has 39 heavy (non-hydrogen) atoms. The third-order valence-electron chi connectivity index (χ3n) is 6.85. The standard InChI is InChI=1S/C26H20ClFN8O3/c1-34(26(37)38)17-5-2-14(3-6-17)22-11-29-25(31-22)20-10-21(28)19-8-15(12-36(39)24(19)20)18-9-16(27)4-7-23(18)35-13-30-32-33-35/h2-9,11-13,20-21H,10H2,1H3,(H,29,31)(H,37,38). The quantitative estimate of drug-likeness (QED) is 0.241. The Morgan fingerprint density at radius 3 is 2.74 bits per heavy atom. The van der Waals surface area contributed by atoms with Crippen LogP contribution < -0.4 is 9.63 Å². The van der Waals surface area contributed by atoms with Crippen molar-refractivity contribution in [3.05, 3.63) is 94.6 Å². The number of aromatic nitrogens is 7. The number of halogens is 2. The normalized spacial score (nSPS) is 16.3. The molecule has 0 saturated carbocycles. The number of imidazole rings is 1. The van der Waals surface area contributed by atoms with Crippen LogP contribution in [0.15, 0.2) is 67.3 Å². The monoisotopic (exact) mass is 546 g/mol. The van der Waals surface area contributed by atoms with Gasteiger partial charge in [0, 0.05) is 35.3 Å². The van der Waals surface area contributed by atoms with Crippen molar-refractivity contribution in [2.45, 2.75) is 18.5 Å². The van der Waals surface area contributed by atoms with E-state index in [1.54, 1.807) is 54.7 Å². The summed E-state index contributed by atoms with van der Waals surface area (Å²) in [6, 6.07) is 13.6. The van der Waals surface area contributed by atoms with Gasteiger partial charge >= 0.3 is 6.09 Å². The van der Waals surface area contributed by atoms with Gasteiger partial charge < -0.3 is 15.3 Å². The van der Waals surface area contributed by atoms with Crippen molar-refractivity contribution in [2.24, 2.45) is 0 Å². The number of pyridine rings is 1. The highest BCUT2D eigenvalue weighted by Gasteiger charge is 2.41. The fourth-order valence-electron chi connectivity index (χ4n) is 4.89. The maximum absolute atomic E-state index is 15.4. The second-order valence-corrected chi connectivity index (χ2v) is 9.57. The Kier molecular flexibility index (Phi) is 5.95. The zero-order chi connectivity index (χ0) is 27.3. The summed E-state index contributed by atoms with van der Waals surface area (Å²) in [6.45, 7) is 0. The van der Waals surface area contributed by atoms with E-state index in [0.717, 1.165) is 10.5 Å². The molecule has 3 heterocycles. The third-order valence-corrected chi connectivity index (χ3v) is 7.09. The van der Waals surface area contributed by atoms with E-state index >= 15 is 4.39 Å². The van der Waals surface area contributed by atoms with Gasteiger partial charge in [0.1, 0.15) is 24.2 Å². The van der Waals surface area contributed by atoms with Crippen LogP contribution in [0.5, 0.6) is 0 Å². The SMILES string of the molecule is CN(C(=O)O)c1ccc(-c2cnc(C3CC(F)c4cc(-c5cc(Cl)ccc5-n5cnnn5)c[n+]([O-])c43)[nH]2)cc1. The zero-order valence-corrected chi connectivity index (χ0v) is 21.1. The van der Waals surface area contributed by atoms with Gasteiger partial charge in [0.05, 0.1) is 23.1 Å². The lowest BCUT2D eigenvalue weighted by Gasteiger charge is -2.13. The highest BCUT2D eigenvalue weighted by Crippen LogP contribution is 2.45. The molecule has 2 unspecified atom stereocenters. The van der Waals surface area contributed by atoms with Gasteiger partial charge in [-0.1, -0.05) is 23.7 Å². The molecule has 2 aromatic carbocycles. The van der Waals surface area contributed by atoms with Crippen LogP contribution in [0.3, 0.4) is 0 Å². The number of nitrogens with zero attached hydrogens (tertiary/aromatic N) is 7. The number of nitrogens with one attached hydrogen (secondary N) is 1. The number of tetrazole rings is 1. The molecule has 0 radical (unpaired) electrons. The summed E-state index contributed by atoms with van der Waals surface area (Å²) in [6.07, 6.45) is 2.05. The number of benzene rings is 2. The summed E-state index contributed by atoms with van der Waals surface area (Å²) in [7, 11) is 1.46. The summed E-state index contributed by atoms with van der Waals surface area (Å²) in [5, 5.41) is 34.2. The van der Waals surface area contributed by atoms with Crippen LogP contribution in [-0.2, 0) is 0 Å². The molecule has 0 aliphatic heterocycles. The first-order valence-electron chi connectivity index (χ1n) is 11.9. The van der Waals surface area contributed by atoms with E-state index in [2.05, 4.69) is 25.5 Å². The van der Waals surface area contributed by atoms with E-state index in [9.17, 15) is 10.0 Å². The average Bonchev–Trinajstić information content (AvgIpc) is 3.69. The van der Waals surface area contributed by atoms with Crippen LogP contribution >= 0.6 is 11.6 Å². The Bertz CT molecular complexity index is 1690. The number of rotatable bonds is 5. The van der Waals surface area contributed by atoms with Crippen molar-refractivity contribution >= 4 is 23.4 Å². The van der Waals surface area contributed by atoms with Crippen molar-refractivity contribution in [3.8, 4) is 28.1 Å². The molecule has 2 atom stereocenters. The minimum absolute atomic E-state index is 0.0612.